The molecule has 0 atom stereocenters. The van der Waals surface area contributed by atoms with Crippen LogP contribution in [0.5, 0.6) is 0 Å². The molecule has 1 N–H and O–H groups in total. The smallest absolute Gasteiger partial charge is 0.416 e. The van der Waals surface area contributed by atoms with Crippen LogP contribution in [0.1, 0.15) is 16.1 Å². The van der Waals surface area contributed by atoms with E-state index in [1.54, 1.807) is 0 Å². The Balaban J connectivity index is 2.06. The Hall–Kier alpha value is -3.22. The number of hydrogen-bond donors (Lipinski definition) is 1. The minimum Gasteiger partial charge on any atom is -0.478 e. The van der Waals surface area contributed by atoms with Gasteiger partial charge in [-0.05, 0) is 18.2 Å². The van der Waals surface area contributed by atoms with Gasteiger partial charge in [-0.3, -0.25) is 0 Å². The maximum Gasteiger partial charge on any atom is 0.416 e. The van der Waals surface area contributed by atoms with Crippen LogP contribution in [0.15, 0.2) is 36.1 Å². The van der Waals surface area contributed by atoms with Crippen molar-refractivity contribution in [3.63, 3.8) is 0 Å². The van der Waals surface area contributed by atoms with Gasteiger partial charge in [0.25, 0.3) is 0 Å². The molecule has 0 amide bonds. The SMILES string of the molecule is O=C(O)/C(=C/n1cnc(-c2cc(C(F)(F)F)cc(C(F)(F)F)c2)n1)c1nccs1. The molecule has 0 saturated heterocycles. The molecule has 0 aliphatic heterocycles. The van der Waals surface area contributed by atoms with Gasteiger partial charge in [0.15, 0.2) is 5.82 Å². The van der Waals surface area contributed by atoms with E-state index in [1.165, 1.54) is 11.6 Å². The number of nitrogens with zero attached hydrogens (tertiary/aromatic N) is 4. The second-order valence-corrected chi connectivity index (χ2v) is 6.42. The Morgan fingerprint density at radius 1 is 1.03 bits per heavy atom. The van der Waals surface area contributed by atoms with E-state index in [1.807, 2.05) is 0 Å². The lowest BCUT2D eigenvalue weighted by Crippen LogP contribution is -2.11. The van der Waals surface area contributed by atoms with Gasteiger partial charge < -0.3 is 5.11 Å². The zero-order valence-corrected chi connectivity index (χ0v) is 14.7. The maximum absolute atomic E-state index is 13.0. The molecule has 2 heterocycles. The maximum atomic E-state index is 13.0. The molecule has 0 saturated carbocycles. The van der Waals surface area contributed by atoms with E-state index >= 15 is 0 Å². The van der Waals surface area contributed by atoms with Crippen LogP contribution in [0.4, 0.5) is 26.3 Å². The van der Waals surface area contributed by atoms with Crippen molar-refractivity contribution in [3.8, 4) is 11.4 Å². The summed E-state index contributed by atoms with van der Waals surface area (Å²) in [5, 5.41) is 14.7. The van der Waals surface area contributed by atoms with Gasteiger partial charge >= 0.3 is 18.3 Å². The molecular weight excluding hydrogens is 426 g/mol. The highest BCUT2D eigenvalue weighted by molar-refractivity contribution is 7.11. The quantitative estimate of drug-likeness (QED) is 0.482. The molecule has 3 rings (SSSR count). The Morgan fingerprint density at radius 2 is 1.66 bits per heavy atom. The Morgan fingerprint density at radius 3 is 2.14 bits per heavy atom. The number of rotatable bonds is 4. The van der Waals surface area contributed by atoms with Crippen molar-refractivity contribution in [2.75, 3.05) is 0 Å². The second kappa shape index (κ2) is 7.31. The first-order valence-corrected chi connectivity index (χ1v) is 8.39. The zero-order valence-electron chi connectivity index (χ0n) is 13.9. The molecule has 2 aromatic heterocycles. The molecule has 0 radical (unpaired) electrons. The van der Waals surface area contributed by atoms with Crippen LogP contribution >= 0.6 is 11.3 Å². The largest absolute Gasteiger partial charge is 0.478 e. The molecule has 0 spiro atoms. The van der Waals surface area contributed by atoms with E-state index in [9.17, 15) is 36.2 Å². The van der Waals surface area contributed by atoms with Crippen LogP contribution in [0.3, 0.4) is 0 Å². The van der Waals surface area contributed by atoms with Gasteiger partial charge in [0.2, 0.25) is 0 Å². The lowest BCUT2D eigenvalue weighted by molar-refractivity contribution is -0.143. The molecule has 0 unspecified atom stereocenters. The fourth-order valence-electron chi connectivity index (χ4n) is 2.24. The predicted octanol–water partition coefficient (Wildman–Crippen LogP) is 4.52. The molecule has 6 nitrogen and oxygen atoms in total. The highest BCUT2D eigenvalue weighted by atomic mass is 32.1. The zero-order chi connectivity index (χ0) is 21.4. The average molecular weight is 434 g/mol. The Labute approximate surface area is 161 Å². The van der Waals surface area contributed by atoms with Gasteiger partial charge in [0, 0.05) is 23.3 Å². The average Bonchev–Trinajstić information content (AvgIpc) is 3.29. The van der Waals surface area contributed by atoms with Crippen molar-refractivity contribution in [3.05, 3.63) is 52.2 Å². The summed E-state index contributed by atoms with van der Waals surface area (Å²) in [7, 11) is 0. The van der Waals surface area contributed by atoms with Crippen molar-refractivity contribution in [2.24, 2.45) is 0 Å². The number of carbonyl (C=O) groups is 1. The first kappa shape index (κ1) is 20.5. The third-order valence-electron chi connectivity index (χ3n) is 3.51. The van der Waals surface area contributed by atoms with Crippen molar-refractivity contribution in [1.29, 1.82) is 0 Å². The fourth-order valence-corrected chi connectivity index (χ4v) is 2.88. The summed E-state index contributed by atoms with van der Waals surface area (Å²) in [5.41, 5.74) is -3.83. The summed E-state index contributed by atoms with van der Waals surface area (Å²) in [5.74, 6) is -1.79. The molecule has 1 aromatic carbocycles. The number of aliphatic carboxylic acids is 1. The molecule has 152 valence electrons. The number of benzene rings is 1. The van der Waals surface area contributed by atoms with Gasteiger partial charge in [-0.1, -0.05) is 0 Å². The van der Waals surface area contributed by atoms with Crippen LogP contribution in [0, 0.1) is 0 Å². The van der Waals surface area contributed by atoms with Crippen LogP contribution < -0.4 is 0 Å². The lowest BCUT2D eigenvalue weighted by Gasteiger charge is -2.13. The molecule has 3 aromatic rings. The first-order valence-electron chi connectivity index (χ1n) is 7.51. The number of halogens is 6. The van der Waals surface area contributed by atoms with Crippen molar-refractivity contribution in [2.45, 2.75) is 12.4 Å². The monoisotopic (exact) mass is 434 g/mol. The molecule has 13 heteroatoms. The summed E-state index contributed by atoms with van der Waals surface area (Å²) >= 11 is 1.02. The summed E-state index contributed by atoms with van der Waals surface area (Å²) in [4.78, 5) is 18.9. The van der Waals surface area contributed by atoms with Crippen LogP contribution in [0.25, 0.3) is 23.2 Å². The topological polar surface area (TPSA) is 80.9 Å². The third kappa shape index (κ3) is 4.62. The van der Waals surface area contributed by atoms with E-state index in [-0.39, 0.29) is 16.6 Å². The van der Waals surface area contributed by atoms with Crippen molar-refractivity contribution >= 4 is 29.1 Å². The normalized spacial score (nSPS) is 13.0. The highest BCUT2D eigenvalue weighted by Gasteiger charge is 2.37. The predicted molar refractivity (Wildman–Crippen MR) is 89.4 cm³/mol. The van der Waals surface area contributed by atoms with E-state index in [0.29, 0.717) is 12.1 Å². The molecule has 0 bridgehead atoms. The van der Waals surface area contributed by atoms with Crippen LogP contribution in [-0.4, -0.2) is 30.8 Å². The van der Waals surface area contributed by atoms with E-state index in [2.05, 4.69) is 15.1 Å². The fraction of sp³-hybridized carbons (Fsp3) is 0.125. The number of hydrogen-bond acceptors (Lipinski definition) is 5. The molecule has 0 aliphatic rings. The summed E-state index contributed by atoms with van der Waals surface area (Å²) in [6, 6.07) is 0.959. The summed E-state index contributed by atoms with van der Waals surface area (Å²) in [6.45, 7) is 0. The number of alkyl halides is 6. The standard InChI is InChI=1S/C16H8F6N4O2S/c17-15(18,19)9-3-8(4-10(5-9)16(20,21)22)12-24-7-26(25-12)6-11(14(27)28)13-23-1-2-29-13/h1-7H,(H,27,28)/b11-6+. The molecule has 0 fully saturated rings. The summed E-state index contributed by atoms with van der Waals surface area (Å²) in [6.07, 6.45) is -6.71. The third-order valence-corrected chi connectivity index (χ3v) is 4.32. The number of thiazole rings is 1. The minimum absolute atomic E-state index is 0.00854. The first-order chi connectivity index (χ1) is 13.4. The number of carboxylic acids is 1. The summed E-state index contributed by atoms with van der Waals surface area (Å²) < 4.78 is 78.8. The molecule has 0 aliphatic carbocycles. The molecular formula is C16H8F6N4O2S. The van der Waals surface area contributed by atoms with Crippen molar-refractivity contribution < 1.29 is 36.2 Å². The van der Waals surface area contributed by atoms with Crippen LogP contribution in [0.2, 0.25) is 0 Å². The van der Waals surface area contributed by atoms with Gasteiger partial charge in [-0.25, -0.2) is 19.4 Å². The lowest BCUT2D eigenvalue weighted by atomic mass is 10.0. The number of carboxylic acid groups (broad SMARTS) is 1. The van der Waals surface area contributed by atoms with Gasteiger partial charge in [-0.15, -0.1) is 16.4 Å². The van der Waals surface area contributed by atoms with Crippen LogP contribution in [-0.2, 0) is 17.1 Å². The van der Waals surface area contributed by atoms with E-state index in [4.69, 9.17) is 0 Å². The minimum atomic E-state index is -5.01. The van der Waals surface area contributed by atoms with E-state index < -0.39 is 40.8 Å². The van der Waals surface area contributed by atoms with Gasteiger partial charge in [-0.2, -0.15) is 26.3 Å². The highest BCUT2D eigenvalue weighted by Crippen LogP contribution is 2.38. The van der Waals surface area contributed by atoms with Gasteiger partial charge in [0.05, 0.1) is 11.1 Å². The van der Waals surface area contributed by atoms with Crippen molar-refractivity contribution in [1.82, 2.24) is 19.7 Å². The second-order valence-electron chi connectivity index (χ2n) is 5.53. The van der Waals surface area contributed by atoms with E-state index in [0.717, 1.165) is 28.5 Å². The van der Waals surface area contributed by atoms with Gasteiger partial charge in [0.1, 0.15) is 16.9 Å². The number of aromatic nitrogens is 4. The molecule has 29 heavy (non-hydrogen) atoms. The Bertz CT molecular complexity index is 1040. The Kier molecular flexibility index (Phi) is 5.17.